The number of hydrogen-bond acceptors (Lipinski definition) is 7. The predicted octanol–water partition coefficient (Wildman–Crippen LogP) is 0.261. The lowest BCUT2D eigenvalue weighted by Crippen LogP contribution is -2.27. The largest absolute Gasteiger partial charge is 0.466 e. The summed E-state index contributed by atoms with van der Waals surface area (Å²) in [5.74, 6) is -0.461. The van der Waals surface area contributed by atoms with Gasteiger partial charge in [0.25, 0.3) is 0 Å². The van der Waals surface area contributed by atoms with E-state index in [2.05, 4.69) is 27.9 Å². The number of rotatable bonds is 7. The fourth-order valence-electron chi connectivity index (χ4n) is 0.710. The van der Waals surface area contributed by atoms with Crippen molar-refractivity contribution in [3.8, 4) is 0 Å². The Morgan fingerprint density at radius 2 is 1.46 bits per heavy atom. The van der Waals surface area contributed by atoms with E-state index in [1.807, 2.05) is 0 Å². The normalized spacial score (nSPS) is 8.00. The number of aliphatic hydroxyl groups excluding tert-OH is 1. The van der Waals surface area contributed by atoms with Crippen molar-refractivity contribution >= 4 is 11.9 Å². The second kappa shape index (κ2) is 26.2. The SMILES string of the molecule is C=C(C)C(=O)NCCOC.C=C(C)C(=O)OC.CO.COCCN. The summed E-state index contributed by atoms with van der Waals surface area (Å²) in [4.78, 5) is 20.9. The van der Waals surface area contributed by atoms with Crippen LogP contribution in [0.25, 0.3) is 0 Å². The topological polar surface area (TPSA) is 120 Å². The van der Waals surface area contributed by atoms with E-state index in [9.17, 15) is 9.59 Å². The zero-order chi connectivity index (χ0) is 20.0. The van der Waals surface area contributed by atoms with E-state index in [1.165, 1.54) is 7.11 Å². The van der Waals surface area contributed by atoms with E-state index in [0.29, 0.717) is 37.4 Å². The first-order chi connectivity index (χ1) is 11.3. The van der Waals surface area contributed by atoms with Gasteiger partial charge >= 0.3 is 5.97 Å². The maximum absolute atomic E-state index is 10.8. The van der Waals surface area contributed by atoms with Gasteiger partial charge in [-0.05, 0) is 13.8 Å². The summed E-state index contributed by atoms with van der Waals surface area (Å²) in [6.07, 6.45) is 0. The van der Waals surface area contributed by atoms with E-state index in [4.69, 9.17) is 15.6 Å². The Morgan fingerprint density at radius 1 is 1.00 bits per heavy atom. The van der Waals surface area contributed by atoms with Crippen LogP contribution in [0.5, 0.6) is 0 Å². The molecule has 0 saturated heterocycles. The Kier molecular flexibility index (Phi) is 32.9. The zero-order valence-electron chi connectivity index (χ0n) is 15.8. The Balaban J connectivity index is -0.000000125. The monoisotopic (exact) mass is 350 g/mol. The molecule has 0 saturated carbocycles. The summed E-state index contributed by atoms with van der Waals surface area (Å²) in [6.45, 7) is 12.5. The zero-order valence-corrected chi connectivity index (χ0v) is 15.8. The number of methoxy groups -OCH3 is 3. The smallest absolute Gasteiger partial charge is 0.332 e. The number of nitrogens with two attached hydrogens (primary N) is 1. The first-order valence-electron chi connectivity index (χ1n) is 7.08. The van der Waals surface area contributed by atoms with Gasteiger partial charge < -0.3 is 30.4 Å². The molecule has 0 aromatic heterocycles. The Bertz CT molecular complexity index is 331. The van der Waals surface area contributed by atoms with Crippen LogP contribution in [0.3, 0.4) is 0 Å². The highest BCUT2D eigenvalue weighted by Gasteiger charge is 1.97. The Morgan fingerprint density at radius 3 is 1.62 bits per heavy atom. The van der Waals surface area contributed by atoms with Gasteiger partial charge in [0.05, 0.1) is 20.3 Å². The van der Waals surface area contributed by atoms with Crippen LogP contribution in [-0.4, -0.2) is 71.7 Å². The van der Waals surface area contributed by atoms with Gasteiger partial charge in [0.15, 0.2) is 0 Å². The number of amides is 1. The molecule has 8 heteroatoms. The van der Waals surface area contributed by atoms with E-state index in [-0.39, 0.29) is 11.9 Å². The maximum Gasteiger partial charge on any atom is 0.332 e. The van der Waals surface area contributed by atoms with Gasteiger partial charge in [-0.1, -0.05) is 13.2 Å². The third kappa shape index (κ3) is 32.3. The number of nitrogens with one attached hydrogen (secondary N) is 1. The van der Waals surface area contributed by atoms with Gasteiger partial charge in [-0.3, -0.25) is 4.79 Å². The molecule has 0 atom stereocenters. The van der Waals surface area contributed by atoms with Crippen molar-refractivity contribution in [2.24, 2.45) is 5.73 Å². The molecule has 4 N–H and O–H groups in total. The van der Waals surface area contributed by atoms with Crippen LogP contribution in [0.1, 0.15) is 13.8 Å². The molecule has 24 heavy (non-hydrogen) atoms. The van der Waals surface area contributed by atoms with Crippen LogP contribution in [0.2, 0.25) is 0 Å². The first kappa shape index (κ1) is 30.2. The van der Waals surface area contributed by atoms with Crippen molar-refractivity contribution in [2.45, 2.75) is 13.8 Å². The summed E-state index contributed by atoms with van der Waals surface area (Å²) in [5.41, 5.74) is 5.97. The van der Waals surface area contributed by atoms with Crippen molar-refractivity contribution in [2.75, 3.05) is 54.7 Å². The van der Waals surface area contributed by atoms with E-state index in [1.54, 1.807) is 28.1 Å². The minimum atomic E-state index is -0.347. The standard InChI is InChI=1S/C7H13NO2.C5H8O2.C3H9NO.CH4O/c1-6(2)7(9)8-4-5-10-3;1-4(2)5(6)7-3;1-5-3-2-4;1-2/h1,4-5H2,2-3H3,(H,8,9);1H2,2-3H3;2-4H2,1H3;2H,1H3. The lowest BCUT2D eigenvalue weighted by molar-refractivity contribution is -0.136. The minimum Gasteiger partial charge on any atom is -0.466 e. The second-order valence-corrected chi connectivity index (χ2v) is 4.08. The fraction of sp³-hybridized carbons (Fsp3) is 0.625. The van der Waals surface area contributed by atoms with Gasteiger partial charge in [-0.2, -0.15) is 0 Å². The second-order valence-electron chi connectivity index (χ2n) is 4.08. The average molecular weight is 350 g/mol. The average Bonchev–Trinajstić information content (AvgIpc) is 2.57. The molecule has 0 fully saturated rings. The molecule has 0 aromatic rings. The van der Waals surface area contributed by atoms with Gasteiger partial charge in [0.1, 0.15) is 0 Å². The minimum absolute atomic E-state index is 0.114. The highest BCUT2D eigenvalue weighted by Crippen LogP contribution is 1.87. The predicted molar refractivity (Wildman–Crippen MR) is 95.6 cm³/mol. The Hall–Kier alpha value is -1.74. The van der Waals surface area contributed by atoms with E-state index >= 15 is 0 Å². The molecule has 0 aliphatic heterocycles. The summed E-state index contributed by atoms with van der Waals surface area (Å²) in [7, 11) is 5.55. The maximum atomic E-state index is 10.8. The molecule has 0 rings (SSSR count). The Labute approximate surface area is 145 Å². The van der Waals surface area contributed by atoms with Gasteiger partial charge in [-0.15, -0.1) is 0 Å². The van der Waals surface area contributed by atoms with Gasteiger partial charge in [-0.25, -0.2) is 4.79 Å². The molecule has 0 aliphatic rings. The molecule has 8 nitrogen and oxygen atoms in total. The van der Waals surface area contributed by atoms with Gasteiger partial charge in [0, 0.05) is 45.6 Å². The van der Waals surface area contributed by atoms with Crippen molar-refractivity contribution in [3.05, 3.63) is 24.3 Å². The van der Waals surface area contributed by atoms with Crippen LogP contribution in [0, 0.1) is 0 Å². The number of carbonyl (C=O) groups is 2. The van der Waals surface area contributed by atoms with Crippen LogP contribution < -0.4 is 11.1 Å². The first-order valence-corrected chi connectivity index (χ1v) is 7.08. The number of hydrogen-bond donors (Lipinski definition) is 3. The molecular formula is C16H34N2O6. The molecule has 0 unspecified atom stereocenters. The summed E-state index contributed by atoms with van der Waals surface area (Å²) >= 11 is 0. The summed E-state index contributed by atoms with van der Waals surface area (Å²) in [6, 6.07) is 0. The van der Waals surface area contributed by atoms with Crippen molar-refractivity contribution in [3.63, 3.8) is 0 Å². The summed E-state index contributed by atoms with van der Waals surface area (Å²) in [5, 5.41) is 9.62. The van der Waals surface area contributed by atoms with Crippen molar-refractivity contribution in [1.82, 2.24) is 5.32 Å². The third-order valence-corrected chi connectivity index (χ3v) is 1.84. The molecule has 0 aromatic carbocycles. The highest BCUT2D eigenvalue weighted by atomic mass is 16.5. The van der Waals surface area contributed by atoms with Gasteiger partial charge in [0.2, 0.25) is 5.91 Å². The van der Waals surface area contributed by atoms with Crippen LogP contribution in [0.4, 0.5) is 0 Å². The van der Waals surface area contributed by atoms with E-state index in [0.717, 1.165) is 7.11 Å². The molecule has 0 radical (unpaired) electrons. The van der Waals surface area contributed by atoms with Crippen LogP contribution in [0.15, 0.2) is 24.3 Å². The van der Waals surface area contributed by atoms with Crippen LogP contribution >= 0.6 is 0 Å². The molecular weight excluding hydrogens is 316 g/mol. The molecule has 1 amide bonds. The van der Waals surface area contributed by atoms with Crippen molar-refractivity contribution < 1.29 is 28.9 Å². The van der Waals surface area contributed by atoms with Crippen molar-refractivity contribution in [1.29, 1.82) is 0 Å². The molecule has 0 spiro atoms. The van der Waals surface area contributed by atoms with E-state index < -0.39 is 0 Å². The number of esters is 1. The lowest BCUT2D eigenvalue weighted by Gasteiger charge is -2.01. The lowest BCUT2D eigenvalue weighted by atomic mass is 10.3. The fourth-order valence-corrected chi connectivity index (χ4v) is 0.710. The summed E-state index contributed by atoms with van der Waals surface area (Å²) < 4.78 is 13.6. The molecule has 144 valence electrons. The number of aliphatic hydroxyl groups is 1. The number of ether oxygens (including phenoxy) is 3. The molecule has 0 heterocycles. The molecule has 0 bridgehead atoms. The number of carbonyl (C=O) groups excluding carboxylic acids is 2. The molecule has 0 aliphatic carbocycles. The quantitative estimate of drug-likeness (QED) is 0.342. The highest BCUT2D eigenvalue weighted by molar-refractivity contribution is 5.92. The third-order valence-electron chi connectivity index (χ3n) is 1.84. The van der Waals surface area contributed by atoms with Crippen LogP contribution in [-0.2, 0) is 23.8 Å².